The number of phenolic OH excluding ortho intramolecular Hbond substituents is 1. The zero-order chi connectivity index (χ0) is 20.0. The number of fused-ring (bicyclic) bond motifs is 1. The molecule has 6 nitrogen and oxygen atoms in total. The van der Waals surface area contributed by atoms with E-state index in [-0.39, 0.29) is 43.4 Å². The van der Waals surface area contributed by atoms with E-state index in [1.165, 1.54) is 24.3 Å². The van der Waals surface area contributed by atoms with E-state index in [1.54, 1.807) is 0 Å². The van der Waals surface area contributed by atoms with E-state index >= 15 is 0 Å². The first-order chi connectivity index (χ1) is 12.6. The third kappa shape index (κ3) is 3.23. The van der Waals surface area contributed by atoms with Crippen LogP contribution in [0, 0.1) is 0 Å². The molecule has 2 aromatic rings. The topological polar surface area (TPSA) is 94.9 Å². The number of rotatable bonds is 4. The summed E-state index contributed by atoms with van der Waals surface area (Å²) < 4.78 is 0. The molecule has 3 rings (SSSR count). The normalized spacial score (nSPS) is 14.4. The van der Waals surface area contributed by atoms with Gasteiger partial charge in [0, 0.05) is 6.42 Å². The summed E-state index contributed by atoms with van der Waals surface area (Å²) in [5.41, 5.74) is -0.0685. The maximum absolute atomic E-state index is 12.8. The Hall–Kier alpha value is -1.99. The first-order valence-corrected chi connectivity index (χ1v) is 8.90. The quantitative estimate of drug-likeness (QED) is 0.413. The van der Waals surface area contributed by atoms with E-state index in [1.807, 2.05) is 0 Å². The minimum atomic E-state index is -1.52. The third-order valence-electron chi connectivity index (χ3n) is 4.09. The van der Waals surface area contributed by atoms with Crippen LogP contribution in [0.4, 0.5) is 0 Å². The highest BCUT2D eigenvalue weighted by Crippen LogP contribution is 2.45. The van der Waals surface area contributed by atoms with Crippen LogP contribution in [-0.4, -0.2) is 38.9 Å². The Balaban J connectivity index is 2.07. The maximum atomic E-state index is 12.8. The first-order valence-electron chi connectivity index (χ1n) is 7.39. The van der Waals surface area contributed by atoms with Crippen LogP contribution in [0.5, 0.6) is 5.75 Å². The summed E-state index contributed by atoms with van der Waals surface area (Å²) in [5.74, 6) is -3.26. The fraction of sp³-hybridized carbons (Fsp3) is 0.118. The summed E-state index contributed by atoms with van der Waals surface area (Å²) in [6.07, 6.45) is -0.183. The van der Waals surface area contributed by atoms with Crippen molar-refractivity contribution in [2.24, 2.45) is 0 Å². The van der Waals surface area contributed by atoms with Crippen molar-refractivity contribution < 1.29 is 24.6 Å². The minimum absolute atomic E-state index is 0.00537. The summed E-state index contributed by atoms with van der Waals surface area (Å²) in [6, 6.07) is 4.17. The number of aliphatic carboxylic acids is 1. The van der Waals surface area contributed by atoms with Crippen molar-refractivity contribution in [1.29, 1.82) is 0 Å². The lowest BCUT2D eigenvalue weighted by molar-refractivity contribution is -0.141. The van der Waals surface area contributed by atoms with E-state index < -0.39 is 23.8 Å². The van der Waals surface area contributed by atoms with Gasteiger partial charge in [0.15, 0.2) is 0 Å². The molecule has 27 heavy (non-hydrogen) atoms. The summed E-state index contributed by atoms with van der Waals surface area (Å²) in [4.78, 5) is 37.9. The number of aromatic hydroxyl groups is 1. The van der Waals surface area contributed by atoms with Crippen LogP contribution < -0.4 is 0 Å². The van der Waals surface area contributed by atoms with E-state index in [2.05, 4.69) is 0 Å². The highest BCUT2D eigenvalue weighted by Gasteiger charge is 2.46. The van der Waals surface area contributed by atoms with Crippen molar-refractivity contribution in [2.45, 2.75) is 12.5 Å². The molecular weight excluding hydrogens is 440 g/mol. The summed E-state index contributed by atoms with van der Waals surface area (Å²) in [6.45, 7) is 0. The fourth-order valence-electron chi connectivity index (χ4n) is 2.79. The second kappa shape index (κ2) is 7.20. The Kier molecular flexibility index (Phi) is 5.27. The number of carboxylic acid groups (broad SMARTS) is 1. The standard InChI is InChI=1S/C17H9Cl4NO5/c18-11-9-10(12(19)14(21)13(11)20)16(25)22(15(9)24)8(17(26)27)5-6-1-3-7(23)4-2-6/h1-4,8,23H,5H2,(H,26,27)/t8-/m1/s1. The number of carboxylic acids is 1. The van der Waals surface area contributed by atoms with Gasteiger partial charge >= 0.3 is 5.97 Å². The molecule has 1 atom stereocenters. The molecule has 1 heterocycles. The van der Waals surface area contributed by atoms with Crippen molar-refractivity contribution >= 4 is 64.2 Å². The lowest BCUT2D eigenvalue weighted by Crippen LogP contribution is -2.46. The van der Waals surface area contributed by atoms with Gasteiger partial charge in [-0.05, 0) is 17.7 Å². The lowest BCUT2D eigenvalue weighted by Gasteiger charge is -2.22. The molecule has 0 saturated carbocycles. The minimum Gasteiger partial charge on any atom is -0.508 e. The number of nitrogens with zero attached hydrogens (tertiary/aromatic N) is 1. The Bertz CT molecular complexity index is 943. The van der Waals surface area contributed by atoms with Crippen molar-refractivity contribution in [3.8, 4) is 5.75 Å². The fourth-order valence-corrected chi connectivity index (χ4v) is 3.81. The molecule has 0 unspecified atom stereocenters. The summed E-state index contributed by atoms with van der Waals surface area (Å²) >= 11 is 24.0. The van der Waals surface area contributed by atoms with E-state index in [4.69, 9.17) is 46.4 Å². The van der Waals surface area contributed by atoms with Gasteiger partial charge in [-0.25, -0.2) is 4.79 Å². The van der Waals surface area contributed by atoms with Crippen LogP contribution in [0.15, 0.2) is 24.3 Å². The molecule has 2 aromatic carbocycles. The number of hydrogen-bond donors (Lipinski definition) is 2. The number of benzene rings is 2. The van der Waals surface area contributed by atoms with Gasteiger partial charge in [-0.2, -0.15) is 0 Å². The monoisotopic (exact) mass is 447 g/mol. The molecule has 0 bridgehead atoms. The largest absolute Gasteiger partial charge is 0.508 e. The van der Waals surface area contributed by atoms with E-state index in [0.717, 1.165) is 0 Å². The number of imide groups is 1. The smallest absolute Gasteiger partial charge is 0.327 e. The molecule has 0 spiro atoms. The first kappa shape index (κ1) is 19.8. The molecule has 1 aliphatic rings. The predicted molar refractivity (Wildman–Crippen MR) is 100 cm³/mol. The number of hydrogen-bond acceptors (Lipinski definition) is 4. The SMILES string of the molecule is O=C(O)[C@@H](Cc1ccc(O)cc1)N1C(=O)c2c(Cl)c(Cl)c(Cl)c(Cl)c2C1=O. The Morgan fingerprint density at radius 3 is 1.74 bits per heavy atom. The number of phenols is 1. The van der Waals surface area contributed by atoms with Gasteiger partial charge in [0.1, 0.15) is 11.8 Å². The van der Waals surface area contributed by atoms with Gasteiger partial charge in [-0.3, -0.25) is 14.5 Å². The van der Waals surface area contributed by atoms with Crippen molar-refractivity contribution in [3.05, 3.63) is 61.0 Å². The van der Waals surface area contributed by atoms with Gasteiger partial charge in [0.05, 0.1) is 31.2 Å². The van der Waals surface area contributed by atoms with Crippen molar-refractivity contribution in [1.82, 2.24) is 4.90 Å². The molecule has 1 aliphatic heterocycles. The Morgan fingerprint density at radius 1 is 0.889 bits per heavy atom. The van der Waals surface area contributed by atoms with Crippen LogP contribution in [0.1, 0.15) is 26.3 Å². The van der Waals surface area contributed by atoms with Crippen LogP contribution >= 0.6 is 46.4 Å². The number of amides is 2. The Labute approximate surface area is 172 Å². The highest BCUT2D eigenvalue weighted by molar-refractivity contribution is 6.55. The van der Waals surface area contributed by atoms with Crippen molar-refractivity contribution in [3.63, 3.8) is 0 Å². The molecule has 10 heteroatoms. The molecule has 0 fully saturated rings. The van der Waals surface area contributed by atoms with Gasteiger partial charge < -0.3 is 10.2 Å². The van der Waals surface area contributed by atoms with Gasteiger partial charge in [0.2, 0.25) is 0 Å². The third-order valence-corrected chi connectivity index (χ3v) is 5.90. The average Bonchev–Trinajstić information content (AvgIpc) is 2.88. The van der Waals surface area contributed by atoms with Crippen LogP contribution in [0.2, 0.25) is 20.1 Å². The molecule has 140 valence electrons. The summed E-state index contributed by atoms with van der Waals surface area (Å²) in [5, 5.41) is 18.0. The van der Waals surface area contributed by atoms with Crippen molar-refractivity contribution in [2.75, 3.05) is 0 Å². The van der Waals surface area contributed by atoms with Gasteiger partial charge in [-0.15, -0.1) is 0 Å². The highest BCUT2D eigenvalue weighted by atomic mass is 35.5. The number of carbonyl (C=O) groups excluding carboxylic acids is 2. The van der Waals surface area contributed by atoms with Gasteiger partial charge in [-0.1, -0.05) is 58.5 Å². The molecule has 0 saturated heterocycles. The molecule has 0 radical (unpaired) electrons. The average molecular weight is 449 g/mol. The number of halogens is 4. The maximum Gasteiger partial charge on any atom is 0.327 e. The Morgan fingerprint density at radius 2 is 1.33 bits per heavy atom. The second-order valence-corrected chi connectivity index (χ2v) is 7.22. The predicted octanol–water partition coefficient (Wildman–Crippen LogP) is 4.30. The second-order valence-electron chi connectivity index (χ2n) is 5.71. The van der Waals surface area contributed by atoms with Gasteiger partial charge in [0.25, 0.3) is 11.8 Å². The zero-order valence-corrected chi connectivity index (χ0v) is 16.2. The molecule has 0 aromatic heterocycles. The number of carbonyl (C=O) groups is 3. The molecular formula is C17H9Cl4NO5. The van der Waals surface area contributed by atoms with E-state index in [0.29, 0.717) is 10.5 Å². The van der Waals surface area contributed by atoms with Crippen LogP contribution in [0.3, 0.4) is 0 Å². The van der Waals surface area contributed by atoms with Crippen LogP contribution in [0.25, 0.3) is 0 Å². The zero-order valence-electron chi connectivity index (χ0n) is 13.2. The molecule has 2 N–H and O–H groups in total. The molecule has 2 amide bonds. The summed E-state index contributed by atoms with van der Waals surface area (Å²) in [7, 11) is 0. The lowest BCUT2D eigenvalue weighted by atomic mass is 10.0. The van der Waals surface area contributed by atoms with Crippen LogP contribution in [-0.2, 0) is 11.2 Å². The molecule has 0 aliphatic carbocycles. The van der Waals surface area contributed by atoms with E-state index in [9.17, 15) is 24.6 Å².